The van der Waals surface area contributed by atoms with Gasteiger partial charge in [0.25, 0.3) is 0 Å². The topological polar surface area (TPSA) is 15.3 Å². The predicted molar refractivity (Wildman–Crippen MR) is 72.9 cm³/mol. The fourth-order valence-electron chi connectivity index (χ4n) is 3.32. The van der Waals surface area contributed by atoms with Gasteiger partial charge in [0.05, 0.1) is 0 Å². The molecule has 2 aliphatic rings. The van der Waals surface area contributed by atoms with E-state index in [0.717, 1.165) is 25.4 Å². The van der Waals surface area contributed by atoms with Crippen molar-refractivity contribution in [2.75, 3.05) is 19.6 Å². The maximum absolute atomic E-state index is 5.38. The molecule has 1 saturated carbocycles. The molecule has 1 N–H and O–H groups in total. The van der Waals surface area contributed by atoms with Crippen LogP contribution in [0.4, 0.5) is 0 Å². The first-order chi connectivity index (χ1) is 8.31. The molecule has 0 amide bonds. The number of rotatable bonds is 3. The molecule has 0 aromatic rings. The SMILES string of the molecule is C#CCCN1CC(C2CCCCC2)NCC1C. The van der Waals surface area contributed by atoms with Crippen molar-refractivity contribution in [1.29, 1.82) is 0 Å². The zero-order valence-corrected chi connectivity index (χ0v) is 11.1. The maximum atomic E-state index is 5.38. The Morgan fingerprint density at radius 3 is 2.76 bits per heavy atom. The summed E-state index contributed by atoms with van der Waals surface area (Å²) >= 11 is 0. The maximum Gasteiger partial charge on any atom is 0.0224 e. The van der Waals surface area contributed by atoms with Gasteiger partial charge in [0, 0.05) is 38.1 Å². The normalized spacial score (nSPS) is 32.2. The average Bonchev–Trinajstić information content (AvgIpc) is 2.39. The molecule has 0 spiro atoms. The van der Waals surface area contributed by atoms with Crippen molar-refractivity contribution in [3.63, 3.8) is 0 Å². The third-order valence-corrected chi connectivity index (χ3v) is 4.49. The van der Waals surface area contributed by atoms with Crippen molar-refractivity contribution in [3.05, 3.63) is 0 Å². The molecule has 2 atom stereocenters. The summed E-state index contributed by atoms with van der Waals surface area (Å²) in [4.78, 5) is 2.58. The van der Waals surface area contributed by atoms with Gasteiger partial charge in [0.1, 0.15) is 0 Å². The van der Waals surface area contributed by atoms with E-state index in [4.69, 9.17) is 6.42 Å². The van der Waals surface area contributed by atoms with Gasteiger partial charge in [-0.25, -0.2) is 0 Å². The number of hydrogen-bond acceptors (Lipinski definition) is 2. The van der Waals surface area contributed by atoms with E-state index in [1.165, 1.54) is 38.6 Å². The van der Waals surface area contributed by atoms with Crippen molar-refractivity contribution in [2.45, 2.75) is 57.5 Å². The van der Waals surface area contributed by atoms with Gasteiger partial charge in [-0.15, -0.1) is 12.3 Å². The first-order valence-corrected chi connectivity index (χ1v) is 7.22. The van der Waals surface area contributed by atoms with E-state index >= 15 is 0 Å². The molecule has 1 heterocycles. The van der Waals surface area contributed by atoms with E-state index in [9.17, 15) is 0 Å². The molecule has 2 nitrogen and oxygen atoms in total. The number of terminal acetylenes is 1. The Hall–Kier alpha value is -0.520. The number of piperazine rings is 1. The summed E-state index contributed by atoms with van der Waals surface area (Å²) in [5.74, 6) is 3.67. The Kier molecular flexibility index (Phi) is 4.88. The van der Waals surface area contributed by atoms with E-state index in [1.807, 2.05) is 0 Å². The van der Waals surface area contributed by atoms with Crippen LogP contribution in [-0.4, -0.2) is 36.6 Å². The highest BCUT2D eigenvalue weighted by molar-refractivity contribution is 4.91. The van der Waals surface area contributed by atoms with Crippen LogP contribution in [0.1, 0.15) is 45.4 Å². The average molecular weight is 234 g/mol. The Labute approximate surface area is 106 Å². The molecule has 0 aromatic carbocycles. The van der Waals surface area contributed by atoms with Gasteiger partial charge in [-0.2, -0.15) is 0 Å². The van der Waals surface area contributed by atoms with Crippen LogP contribution < -0.4 is 5.32 Å². The van der Waals surface area contributed by atoms with Crippen molar-refractivity contribution in [3.8, 4) is 12.3 Å². The minimum absolute atomic E-state index is 0.642. The van der Waals surface area contributed by atoms with Gasteiger partial charge in [-0.1, -0.05) is 19.3 Å². The third kappa shape index (κ3) is 3.47. The quantitative estimate of drug-likeness (QED) is 0.754. The van der Waals surface area contributed by atoms with Gasteiger partial charge in [-0.3, -0.25) is 4.90 Å². The number of hydrogen-bond donors (Lipinski definition) is 1. The zero-order chi connectivity index (χ0) is 12.1. The molecule has 1 aliphatic heterocycles. The summed E-state index contributed by atoms with van der Waals surface area (Å²) in [6.07, 6.45) is 13.4. The van der Waals surface area contributed by atoms with Gasteiger partial charge in [0.15, 0.2) is 0 Å². The van der Waals surface area contributed by atoms with Crippen LogP contribution in [0, 0.1) is 18.3 Å². The van der Waals surface area contributed by atoms with Crippen LogP contribution in [-0.2, 0) is 0 Å². The minimum atomic E-state index is 0.642. The highest BCUT2D eigenvalue weighted by atomic mass is 15.2. The third-order valence-electron chi connectivity index (χ3n) is 4.49. The summed E-state index contributed by atoms with van der Waals surface area (Å²) in [7, 11) is 0. The molecule has 1 saturated heterocycles. The van der Waals surface area contributed by atoms with Crippen LogP contribution >= 0.6 is 0 Å². The van der Waals surface area contributed by atoms with E-state index in [-0.39, 0.29) is 0 Å². The molecule has 0 radical (unpaired) electrons. The minimum Gasteiger partial charge on any atom is -0.311 e. The van der Waals surface area contributed by atoms with Gasteiger partial charge >= 0.3 is 0 Å². The molecule has 2 fully saturated rings. The Bertz CT molecular complexity index is 263. The molecule has 17 heavy (non-hydrogen) atoms. The second-order valence-electron chi connectivity index (χ2n) is 5.71. The molecular weight excluding hydrogens is 208 g/mol. The van der Waals surface area contributed by atoms with E-state index in [2.05, 4.69) is 23.1 Å². The first kappa shape index (κ1) is 12.9. The monoisotopic (exact) mass is 234 g/mol. The standard InChI is InChI=1S/C15H26N2/c1-3-4-10-17-12-15(16-11-13(17)2)14-8-6-5-7-9-14/h1,13-16H,4-12H2,2H3. The van der Waals surface area contributed by atoms with Gasteiger partial charge in [0.2, 0.25) is 0 Å². The van der Waals surface area contributed by atoms with E-state index in [0.29, 0.717) is 12.1 Å². The van der Waals surface area contributed by atoms with Crippen molar-refractivity contribution in [1.82, 2.24) is 10.2 Å². The van der Waals surface area contributed by atoms with Crippen LogP contribution in [0.25, 0.3) is 0 Å². The Morgan fingerprint density at radius 2 is 2.06 bits per heavy atom. The smallest absolute Gasteiger partial charge is 0.0224 e. The van der Waals surface area contributed by atoms with Crippen LogP contribution in [0.2, 0.25) is 0 Å². The lowest BCUT2D eigenvalue weighted by Crippen LogP contribution is -2.58. The second-order valence-corrected chi connectivity index (χ2v) is 5.71. The molecule has 1 aliphatic carbocycles. The van der Waals surface area contributed by atoms with E-state index < -0.39 is 0 Å². The largest absolute Gasteiger partial charge is 0.311 e. The molecule has 0 bridgehead atoms. The Morgan fingerprint density at radius 1 is 1.29 bits per heavy atom. The second kappa shape index (κ2) is 6.42. The molecule has 0 aromatic heterocycles. The molecule has 2 unspecified atom stereocenters. The van der Waals surface area contributed by atoms with Gasteiger partial charge in [-0.05, 0) is 25.7 Å². The summed E-state index contributed by atoms with van der Waals surface area (Å²) in [6, 6.07) is 1.35. The summed E-state index contributed by atoms with van der Waals surface area (Å²) in [5, 5.41) is 3.75. The molecular formula is C15H26N2. The van der Waals surface area contributed by atoms with Crippen LogP contribution in [0.15, 0.2) is 0 Å². The predicted octanol–water partition coefficient (Wildman–Crippen LogP) is 2.25. The summed E-state index contributed by atoms with van der Waals surface area (Å²) in [6.45, 7) is 5.71. The highest BCUT2D eigenvalue weighted by Gasteiger charge is 2.30. The molecule has 2 heteroatoms. The summed E-state index contributed by atoms with van der Waals surface area (Å²) in [5.41, 5.74) is 0. The Balaban J connectivity index is 1.85. The molecule has 2 rings (SSSR count). The molecule has 96 valence electrons. The highest BCUT2D eigenvalue weighted by Crippen LogP contribution is 2.28. The number of nitrogens with one attached hydrogen (secondary N) is 1. The fraction of sp³-hybridized carbons (Fsp3) is 0.867. The number of nitrogens with zero attached hydrogens (tertiary/aromatic N) is 1. The fourth-order valence-corrected chi connectivity index (χ4v) is 3.32. The van der Waals surface area contributed by atoms with Crippen LogP contribution in [0.5, 0.6) is 0 Å². The van der Waals surface area contributed by atoms with Crippen molar-refractivity contribution < 1.29 is 0 Å². The van der Waals surface area contributed by atoms with Crippen molar-refractivity contribution >= 4 is 0 Å². The first-order valence-electron chi connectivity index (χ1n) is 7.22. The lowest BCUT2D eigenvalue weighted by atomic mass is 9.82. The lowest BCUT2D eigenvalue weighted by Gasteiger charge is -2.42. The lowest BCUT2D eigenvalue weighted by molar-refractivity contribution is 0.106. The van der Waals surface area contributed by atoms with Crippen molar-refractivity contribution in [2.24, 2.45) is 5.92 Å². The summed E-state index contributed by atoms with van der Waals surface area (Å²) < 4.78 is 0. The van der Waals surface area contributed by atoms with Crippen LogP contribution in [0.3, 0.4) is 0 Å². The van der Waals surface area contributed by atoms with E-state index in [1.54, 1.807) is 0 Å². The van der Waals surface area contributed by atoms with Gasteiger partial charge < -0.3 is 5.32 Å². The zero-order valence-electron chi connectivity index (χ0n) is 11.1.